The number of aromatic carboxylic acids is 1. The molecule has 0 bridgehead atoms. The first-order valence-corrected chi connectivity index (χ1v) is 7.65. The van der Waals surface area contributed by atoms with E-state index in [1.54, 1.807) is 24.3 Å². The Labute approximate surface area is 143 Å². The third-order valence-electron chi connectivity index (χ3n) is 3.04. The van der Waals surface area contributed by atoms with Crippen molar-refractivity contribution < 1.29 is 42.9 Å². The lowest BCUT2D eigenvalue weighted by Gasteiger charge is -2.10. The van der Waals surface area contributed by atoms with E-state index < -0.39 is 30.1 Å². The number of aliphatic carboxylic acids is 2. The van der Waals surface area contributed by atoms with E-state index in [2.05, 4.69) is 5.32 Å². The number of halogens is 3. The van der Waals surface area contributed by atoms with Gasteiger partial charge in [-0.2, -0.15) is 13.2 Å². The number of alkyl halides is 3. The number of rotatable bonds is 4. The minimum Gasteiger partial charge on any atom is -0.480 e. The van der Waals surface area contributed by atoms with E-state index in [4.69, 9.17) is 20.1 Å². The van der Waals surface area contributed by atoms with Gasteiger partial charge in [-0.15, -0.1) is 11.8 Å². The van der Waals surface area contributed by atoms with Crippen molar-refractivity contribution in [3.63, 3.8) is 0 Å². The van der Waals surface area contributed by atoms with Crippen LogP contribution < -0.4 is 5.32 Å². The van der Waals surface area contributed by atoms with Crippen molar-refractivity contribution in [3.05, 3.63) is 29.8 Å². The van der Waals surface area contributed by atoms with Crippen LogP contribution in [0.1, 0.15) is 16.8 Å². The molecule has 0 saturated carbocycles. The van der Waals surface area contributed by atoms with Crippen molar-refractivity contribution in [2.24, 2.45) is 0 Å². The summed E-state index contributed by atoms with van der Waals surface area (Å²) in [4.78, 5) is 31.4. The second-order valence-electron chi connectivity index (χ2n) is 4.88. The lowest BCUT2D eigenvalue weighted by atomic mass is 10.2. The lowest BCUT2D eigenvalue weighted by molar-refractivity contribution is -0.192. The van der Waals surface area contributed by atoms with Gasteiger partial charge in [0, 0.05) is 16.7 Å². The van der Waals surface area contributed by atoms with Gasteiger partial charge < -0.3 is 20.6 Å². The topological polar surface area (TPSA) is 124 Å². The maximum Gasteiger partial charge on any atom is 0.490 e. The number of carboxylic acids is 3. The van der Waals surface area contributed by atoms with Gasteiger partial charge >= 0.3 is 24.1 Å². The van der Waals surface area contributed by atoms with Crippen LogP contribution in [0.15, 0.2) is 29.2 Å². The molecule has 2 rings (SSSR count). The number of nitrogens with one attached hydrogen (secondary N) is 1. The first-order valence-electron chi connectivity index (χ1n) is 6.77. The smallest absolute Gasteiger partial charge is 0.480 e. The molecule has 0 aromatic heterocycles. The Bertz CT molecular complexity index is 652. The number of benzene rings is 1. The summed E-state index contributed by atoms with van der Waals surface area (Å²) >= 11 is 1.42. The molecule has 1 aliphatic rings. The molecular formula is C14H14F3NO6S. The van der Waals surface area contributed by atoms with Crippen LogP contribution in [-0.2, 0) is 9.59 Å². The Morgan fingerprint density at radius 3 is 2.12 bits per heavy atom. The summed E-state index contributed by atoms with van der Waals surface area (Å²) in [5, 5.41) is 28.1. The van der Waals surface area contributed by atoms with Crippen molar-refractivity contribution in [2.45, 2.75) is 28.8 Å². The highest BCUT2D eigenvalue weighted by Gasteiger charge is 2.38. The Morgan fingerprint density at radius 2 is 1.68 bits per heavy atom. The number of hydrogen-bond acceptors (Lipinski definition) is 5. The largest absolute Gasteiger partial charge is 0.490 e. The number of hydrogen-bond donors (Lipinski definition) is 4. The van der Waals surface area contributed by atoms with Crippen LogP contribution in [0.3, 0.4) is 0 Å². The van der Waals surface area contributed by atoms with Gasteiger partial charge in [0.1, 0.15) is 6.04 Å². The quantitative estimate of drug-likeness (QED) is 0.624. The molecule has 0 amide bonds. The van der Waals surface area contributed by atoms with Gasteiger partial charge in [-0.3, -0.25) is 4.79 Å². The molecule has 0 spiro atoms. The highest BCUT2D eigenvalue weighted by atomic mass is 32.2. The fourth-order valence-corrected chi connectivity index (χ4v) is 3.17. The third kappa shape index (κ3) is 6.63. The molecular weight excluding hydrogens is 367 g/mol. The van der Waals surface area contributed by atoms with Crippen molar-refractivity contribution in [3.8, 4) is 0 Å². The van der Waals surface area contributed by atoms with E-state index in [-0.39, 0.29) is 10.8 Å². The summed E-state index contributed by atoms with van der Waals surface area (Å²) in [5.74, 6) is -4.57. The van der Waals surface area contributed by atoms with E-state index in [1.807, 2.05) is 0 Å². The minimum absolute atomic E-state index is 0.0894. The van der Waals surface area contributed by atoms with E-state index in [0.717, 1.165) is 0 Å². The summed E-state index contributed by atoms with van der Waals surface area (Å²) in [6, 6.07) is 6.25. The van der Waals surface area contributed by atoms with Crippen LogP contribution in [0.25, 0.3) is 0 Å². The Morgan fingerprint density at radius 1 is 1.12 bits per heavy atom. The van der Waals surface area contributed by atoms with E-state index in [1.165, 1.54) is 11.8 Å². The molecule has 2 atom stereocenters. The predicted octanol–water partition coefficient (Wildman–Crippen LogP) is 1.93. The summed E-state index contributed by atoms with van der Waals surface area (Å²) in [6.07, 6.45) is -4.58. The zero-order valence-corrected chi connectivity index (χ0v) is 13.3. The highest BCUT2D eigenvalue weighted by molar-refractivity contribution is 8.00. The third-order valence-corrected chi connectivity index (χ3v) is 4.34. The molecule has 1 aromatic rings. The molecule has 1 aromatic carbocycles. The molecule has 138 valence electrons. The maximum atomic E-state index is 11.0. The molecule has 25 heavy (non-hydrogen) atoms. The normalized spacial score (nSPS) is 19.6. The fraction of sp³-hybridized carbons (Fsp3) is 0.357. The Kier molecular flexibility index (Phi) is 7.24. The summed E-state index contributed by atoms with van der Waals surface area (Å²) in [7, 11) is 0. The molecule has 0 radical (unpaired) electrons. The molecule has 0 aliphatic carbocycles. The van der Waals surface area contributed by atoms with Gasteiger partial charge in [0.25, 0.3) is 0 Å². The van der Waals surface area contributed by atoms with Gasteiger partial charge in [0.15, 0.2) is 0 Å². The highest BCUT2D eigenvalue weighted by Crippen LogP contribution is 2.31. The van der Waals surface area contributed by atoms with Crippen LogP contribution in [-0.4, -0.2) is 57.2 Å². The second-order valence-corrected chi connectivity index (χ2v) is 6.22. The average molecular weight is 381 g/mol. The van der Waals surface area contributed by atoms with Crippen LogP contribution in [0.2, 0.25) is 0 Å². The van der Waals surface area contributed by atoms with E-state index >= 15 is 0 Å². The zero-order valence-electron chi connectivity index (χ0n) is 12.5. The van der Waals surface area contributed by atoms with Gasteiger partial charge in [0.05, 0.1) is 5.56 Å². The first-order chi connectivity index (χ1) is 11.5. The van der Waals surface area contributed by atoms with Gasteiger partial charge in [-0.25, -0.2) is 9.59 Å². The summed E-state index contributed by atoms with van der Waals surface area (Å²) in [5.41, 5.74) is 0.265. The zero-order chi connectivity index (χ0) is 19.2. The molecule has 1 fully saturated rings. The molecule has 1 heterocycles. The first kappa shape index (κ1) is 20.8. The van der Waals surface area contributed by atoms with Crippen LogP contribution in [0, 0.1) is 0 Å². The van der Waals surface area contributed by atoms with Crippen molar-refractivity contribution >= 4 is 29.7 Å². The summed E-state index contributed by atoms with van der Waals surface area (Å²) in [6.45, 7) is 0.579. The van der Waals surface area contributed by atoms with Gasteiger partial charge in [-0.05, 0) is 18.6 Å². The van der Waals surface area contributed by atoms with Crippen LogP contribution in [0.4, 0.5) is 13.2 Å². The predicted molar refractivity (Wildman–Crippen MR) is 80.8 cm³/mol. The Balaban J connectivity index is 0.000000381. The molecule has 4 N–H and O–H groups in total. The maximum absolute atomic E-state index is 11.0. The number of carboxylic acid groups (broad SMARTS) is 3. The van der Waals surface area contributed by atoms with Crippen molar-refractivity contribution in [2.75, 3.05) is 6.54 Å². The SMILES string of the molecule is O=C(O)C(F)(F)F.O=C(O)c1ccccc1S[C@H]1CN[C@H](C(=O)O)C1. The van der Waals surface area contributed by atoms with Gasteiger partial charge in [-0.1, -0.05) is 12.1 Å². The van der Waals surface area contributed by atoms with E-state index in [0.29, 0.717) is 17.9 Å². The average Bonchev–Trinajstić information content (AvgIpc) is 2.96. The number of thioether (sulfide) groups is 1. The minimum atomic E-state index is -5.08. The van der Waals surface area contributed by atoms with Crippen LogP contribution in [0.5, 0.6) is 0 Å². The van der Waals surface area contributed by atoms with Crippen molar-refractivity contribution in [1.29, 1.82) is 0 Å². The summed E-state index contributed by atoms with van der Waals surface area (Å²) < 4.78 is 31.7. The van der Waals surface area contributed by atoms with E-state index in [9.17, 15) is 22.8 Å². The molecule has 1 aliphatic heterocycles. The monoisotopic (exact) mass is 381 g/mol. The number of carbonyl (C=O) groups is 3. The molecule has 0 unspecified atom stereocenters. The van der Waals surface area contributed by atoms with Crippen molar-refractivity contribution in [1.82, 2.24) is 5.32 Å². The lowest BCUT2D eigenvalue weighted by Crippen LogP contribution is -2.29. The second kappa shape index (κ2) is 8.72. The fourth-order valence-electron chi connectivity index (χ4n) is 1.91. The van der Waals surface area contributed by atoms with Crippen LogP contribution >= 0.6 is 11.8 Å². The standard InChI is InChI=1S/C12H13NO4S.C2HF3O2/c14-11(15)8-3-1-2-4-10(8)18-7-5-9(12(16)17)13-6-7;3-2(4,5)1(6)7/h1-4,7,9,13H,5-6H2,(H,14,15)(H,16,17);(H,6,7)/t7-,9+;/m1./s1. The molecule has 11 heteroatoms. The molecule has 7 nitrogen and oxygen atoms in total. The Hall–Kier alpha value is -2.27. The van der Waals surface area contributed by atoms with Gasteiger partial charge in [0.2, 0.25) is 0 Å². The molecule has 1 saturated heterocycles.